The first-order valence-corrected chi connectivity index (χ1v) is 7.22. The Labute approximate surface area is 120 Å². The fourth-order valence-corrected chi connectivity index (χ4v) is 2.65. The van der Waals surface area contributed by atoms with Gasteiger partial charge in [-0.3, -0.25) is 4.79 Å². The number of anilines is 1. The van der Waals surface area contributed by atoms with Crippen LogP contribution in [0.15, 0.2) is 12.1 Å². The normalized spacial score (nSPS) is 17.9. The lowest BCUT2D eigenvalue weighted by Gasteiger charge is -2.39. The summed E-state index contributed by atoms with van der Waals surface area (Å²) in [5.74, 6) is 5.99. The molecule has 5 nitrogen and oxygen atoms in total. The fourth-order valence-electron chi connectivity index (χ4n) is 2.65. The number of aryl methyl sites for hydroxylation is 1. The lowest BCUT2D eigenvalue weighted by molar-refractivity contribution is 0.0600. The molecule has 5 heteroatoms. The molecule has 1 amide bonds. The highest BCUT2D eigenvalue weighted by molar-refractivity contribution is 5.95. The van der Waals surface area contributed by atoms with Gasteiger partial charge in [0.05, 0.1) is 0 Å². The summed E-state index contributed by atoms with van der Waals surface area (Å²) >= 11 is 0. The van der Waals surface area contributed by atoms with Crippen molar-refractivity contribution in [3.63, 3.8) is 0 Å². The van der Waals surface area contributed by atoms with Gasteiger partial charge in [-0.05, 0) is 37.3 Å². The SMILES string of the molecule is CCC1(C)CCN(C(=O)c2cc(C)nc(NN)c2)CC1. The van der Waals surface area contributed by atoms with E-state index in [2.05, 4.69) is 24.3 Å². The molecule has 1 fully saturated rings. The fraction of sp³-hybridized carbons (Fsp3) is 0.600. The second kappa shape index (κ2) is 5.79. The van der Waals surface area contributed by atoms with Crippen LogP contribution in [0.1, 0.15) is 49.2 Å². The van der Waals surface area contributed by atoms with Crippen molar-refractivity contribution in [1.82, 2.24) is 9.88 Å². The van der Waals surface area contributed by atoms with Gasteiger partial charge in [0.25, 0.3) is 5.91 Å². The van der Waals surface area contributed by atoms with Gasteiger partial charge in [0.1, 0.15) is 5.82 Å². The number of nitrogen functional groups attached to an aromatic ring is 1. The van der Waals surface area contributed by atoms with E-state index in [1.165, 1.54) is 6.42 Å². The topological polar surface area (TPSA) is 71.2 Å². The number of hydrogen-bond donors (Lipinski definition) is 2. The van der Waals surface area contributed by atoms with Crippen LogP contribution in [0.3, 0.4) is 0 Å². The lowest BCUT2D eigenvalue weighted by Crippen LogP contribution is -2.42. The third kappa shape index (κ3) is 3.10. The summed E-state index contributed by atoms with van der Waals surface area (Å²) in [5, 5.41) is 0. The summed E-state index contributed by atoms with van der Waals surface area (Å²) in [4.78, 5) is 18.7. The maximum Gasteiger partial charge on any atom is 0.254 e. The first-order chi connectivity index (χ1) is 9.47. The van der Waals surface area contributed by atoms with Gasteiger partial charge >= 0.3 is 0 Å². The number of amides is 1. The third-order valence-electron chi connectivity index (χ3n) is 4.46. The third-order valence-corrected chi connectivity index (χ3v) is 4.46. The molecule has 3 N–H and O–H groups in total. The number of carbonyl (C=O) groups excluding carboxylic acids is 1. The van der Waals surface area contributed by atoms with Crippen molar-refractivity contribution in [2.45, 2.75) is 40.0 Å². The molecule has 0 spiro atoms. The van der Waals surface area contributed by atoms with Crippen LogP contribution in [-0.2, 0) is 0 Å². The Bertz CT molecular complexity index is 493. The molecule has 1 aliphatic heterocycles. The van der Waals surface area contributed by atoms with Crippen molar-refractivity contribution in [1.29, 1.82) is 0 Å². The van der Waals surface area contributed by atoms with Crippen LogP contribution < -0.4 is 11.3 Å². The van der Waals surface area contributed by atoms with Gasteiger partial charge in [0.2, 0.25) is 0 Å². The van der Waals surface area contributed by atoms with Gasteiger partial charge in [-0.15, -0.1) is 0 Å². The highest BCUT2D eigenvalue weighted by Gasteiger charge is 2.30. The molecule has 0 aromatic carbocycles. The number of nitrogens with one attached hydrogen (secondary N) is 1. The van der Waals surface area contributed by atoms with Crippen molar-refractivity contribution in [3.8, 4) is 0 Å². The van der Waals surface area contributed by atoms with Crippen LogP contribution in [0.5, 0.6) is 0 Å². The Hall–Kier alpha value is -1.62. The summed E-state index contributed by atoms with van der Waals surface area (Å²) in [6, 6.07) is 3.53. The highest BCUT2D eigenvalue weighted by atomic mass is 16.2. The minimum Gasteiger partial charge on any atom is -0.339 e. The molecule has 1 aromatic rings. The molecule has 0 unspecified atom stereocenters. The molecule has 20 heavy (non-hydrogen) atoms. The van der Waals surface area contributed by atoms with E-state index in [4.69, 9.17) is 5.84 Å². The largest absolute Gasteiger partial charge is 0.339 e. The highest BCUT2D eigenvalue weighted by Crippen LogP contribution is 2.34. The van der Waals surface area contributed by atoms with Crippen molar-refractivity contribution >= 4 is 11.7 Å². The number of nitrogens with zero attached hydrogens (tertiary/aromatic N) is 2. The predicted octanol–water partition coefficient (Wildman–Crippen LogP) is 2.33. The van der Waals surface area contributed by atoms with Crippen LogP contribution in [0, 0.1) is 12.3 Å². The molecule has 2 rings (SSSR count). The molecular weight excluding hydrogens is 252 g/mol. The summed E-state index contributed by atoms with van der Waals surface area (Å²) < 4.78 is 0. The van der Waals surface area contributed by atoms with E-state index < -0.39 is 0 Å². The average Bonchev–Trinajstić information content (AvgIpc) is 2.46. The molecule has 1 saturated heterocycles. The molecule has 2 heterocycles. The smallest absolute Gasteiger partial charge is 0.254 e. The van der Waals surface area contributed by atoms with Crippen molar-refractivity contribution in [3.05, 3.63) is 23.4 Å². The maximum absolute atomic E-state index is 12.5. The zero-order valence-electron chi connectivity index (χ0n) is 12.6. The van der Waals surface area contributed by atoms with Crippen molar-refractivity contribution in [2.24, 2.45) is 11.3 Å². The molecular formula is C15H24N4O. The molecule has 1 aromatic heterocycles. The molecule has 0 saturated carbocycles. The Morgan fingerprint density at radius 2 is 2.10 bits per heavy atom. The van der Waals surface area contributed by atoms with E-state index >= 15 is 0 Å². The second-order valence-corrected chi connectivity index (χ2v) is 5.98. The number of hydrazine groups is 1. The quantitative estimate of drug-likeness (QED) is 0.656. The second-order valence-electron chi connectivity index (χ2n) is 5.98. The van der Waals surface area contributed by atoms with E-state index in [-0.39, 0.29) is 5.91 Å². The molecule has 0 bridgehead atoms. The zero-order valence-corrected chi connectivity index (χ0v) is 12.6. The summed E-state index contributed by atoms with van der Waals surface area (Å²) in [7, 11) is 0. The standard InChI is InChI=1S/C15H24N4O/c1-4-15(3)5-7-19(8-6-15)14(20)12-9-11(2)17-13(10-12)18-16/h9-10H,4-8,16H2,1-3H3,(H,17,18). The number of likely N-dealkylation sites (tertiary alicyclic amines) is 1. The maximum atomic E-state index is 12.5. The van der Waals surface area contributed by atoms with E-state index in [1.54, 1.807) is 6.07 Å². The van der Waals surface area contributed by atoms with Crippen LogP contribution in [-0.4, -0.2) is 28.9 Å². The minimum atomic E-state index is 0.0742. The number of carbonyl (C=O) groups is 1. The van der Waals surface area contributed by atoms with Gasteiger partial charge in [-0.1, -0.05) is 20.3 Å². The number of nitrogens with two attached hydrogens (primary N) is 1. The number of rotatable bonds is 3. The van der Waals surface area contributed by atoms with Crippen molar-refractivity contribution in [2.75, 3.05) is 18.5 Å². The Kier molecular flexibility index (Phi) is 4.28. The van der Waals surface area contributed by atoms with Crippen LogP contribution >= 0.6 is 0 Å². The minimum absolute atomic E-state index is 0.0742. The lowest BCUT2D eigenvalue weighted by atomic mass is 9.78. The summed E-state index contributed by atoms with van der Waals surface area (Å²) in [6.45, 7) is 8.05. The zero-order chi connectivity index (χ0) is 14.8. The molecule has 0 radical (unpaired) electrons. The van der Waals surface area contributed by atoms with Gasteiger partial charge < -0.3 is 10.3 Å². The molecule has 0 atom stereocenters. The van der Waals surface area contributed by atoms with Crippen LogP contribution in [0.2, 0.25) is 0 Å². The number of piperidine rings is 1. The van der Waals surface area contributed by atoms with Gasteiger partial charge in [0, 0.05) is 24.3 Å². The molecule has 0 aliphatic carbocycles. The van der Waals surface area contributed by atoms with Gasteiger partial charge in [0.15, 0.2) is 0 Å². The average molecular weight is 276 g/mol. The van der Waals surface area contributed by atoms with Gasteiger partial charge in [-0.25, -0.2) is 10.8 Å². The van der Waals surface area contributed by atoms with Crippen molar-refractivity contribution < 1.29 is 4.79 Å². The van der Waals surface area contributed by atoms with E-state index in [1.807, 2.05) is 17.9 Å². The Morgan fingerprint density at radius 1 is 1.45 bits per heavy atom. The summed E-state index contributed by atoms with van der Waals surface area (Å²) in [6.07, 6.45) is 3.31. The number of aromatic nitrogens is 1. The summed E-state index contributed by atoms with van der Waals surface area (Å²) in [5.41, 5.74) is 4.34. The Balaban J connectivity index is 2.11. The Morgan fingerprint density at radius 3 is 2.65 bits per heavy atom. The van der Waals surface area contributed by atoms with E-state index in [0.717, 1.165) is 31.6 Å². The predicted molar refractivity (Wildman–Crippen MR) is 80.3 cm³/mol. The van der Waals surface area contributed by atoms with E-state index in [9.17, 15) is 4.79 Å². The van der Waals surface area contributed by atoms with Crippen LogP contribution in [0.4, 0.5) is 5.82 Å². The first kappa shape index (κ1) is 14.8. The van der Waals surface area contributed by atoms with Gasteiger partial charge in [-0.2, -0.15) is 0 Å². The monoisotopic (exact) mass is 276 g/mol. The molecule has 110 valence electrons. The van der Waals surface area contributed by atoms with E-state index in [0.29, 0.717) is 16.8 Å². The first-order valence-electron chi connectivity index (χ1n) is 7.22. The number of pyridine rings is 1. The van der Waals surface area contributed by atoms with Crippen LogP contribution in [0.25, 0.3) is 0 Å². The molecule has 1 aliphatic rings. The number of hydrogen-bond acceptors (Lipinski definition) is 4.